The molecule has 1 rings (SSSR count). The topological polar surface area (TPSA) is 0 Å². The normalized spacial score (nSPS) is 12.4. The lowest BCUT2D eigenvalue weighted by Gasteiger charge is -2.12. The average Bonchev–Trinajstić information content (AvgIpc) is 2.45. The van der Waals surface area contributed by atoms with Crippen LogP contribution in [-0.4, -0.2) is 5.37 Å². The van der Waals surface area contributed by atoms with E-state index in [1.165, 1.54) is 33.4 Å². The van der Waals surface area contributed by atoms with Gasteiger partial charge in [-0.3, -0.25) is 0 Å². The van der Waals surface area contributed by atoms with Crippen LogP contribution in [0.4, 0.5) is 0 Å². The molecule has 112 valence electrons. The van der Waals surface area contributed by atoms with Gasteiger partial charge in [0.05, 0.1) is 0 Å². The Morgan fingerprint density at radius 2 is 1.95 bits per heavy atom. The molecule has 0 bridgehead atoms. The number of rotatable bonds is 7. The highest BCUT2D eigenvalue weighted by atomic mass is 32.1. The van der Waals surface area contributed by atoms with E-state index in [2.05, 4.69) is 64.6 Å². The molecule has 0 unspecified atom stereocenters. The van der Waals surface area contributed by atoms with Crippen molar-refractivity contribution in [2.24, 2.45) is 0 Å². The van der Waals surface area contributed by atoms with Crippen molar-refractivity contribution < 1.29 is 0 Å². The fourth-order valence-electron chi connectivity index (χ4n) is 2.60. The van der Waals surface area contributed by atoms with E-state index in [1.54, 1.807) is 5.37 Å². The summed E-state index contributed by atoms with van der Waals surface area (Å²) in [6.45, 7) is 12.5. The number of thiocarbonyl (C=S) groups is 1. The molecule has 0 radical (unpaired) electrons. The standard InChI is InChI=1S/C20H26S/c1-6-18(15(3)4)10-8-17-9-11-20(16(5)14-17)19(7-2)12-13-21/h6-7,9,11,13-14H,3,8,10,12H2,1-2,4-5H3/b18-6-,19-7-. The highest BCUT2D eigenvalue weighted by Gasteiger charge is 2.05. The minimum atomic E-state index is 0.852. The second-order valence-electron chi connectivity index (χ2n) is 5.43. The van der Waals surface area contributed by atoms with Crippen molar-refractivity contribution in [1.29, 1.82) is 0 Å². The minimum absolute atomic E-state index is 0.852. The third-order valence-corrected chi connectivity index (χ3v) is 4.03. The van der Waals surface area contributed by atoms with Crippen LogP contribution in [0, 0.1) is 6.92 Å². The van der Waals surface area contributed by atoms with E-state index in [4.69, 9.17) is 12.2 Å². The number of benzene rings is 1. The van der Waals surface area contributed by atoms with Gasteiger partial charge in [-0.1, -0.05) is 54.7 Å². The van der Waals surface area contributed by atoms with E-state index in [-0.39, 0.29) is 0 Å². The van der Waals surface area contributed by atoms with Crippen molar-refractivity contribution in [1.82, 2.24) is 0 Å². The third-order valence-electron chi connectivity index (χ3n) is 3.87. The number of hydrogen-bond donors (Lipinski definition) is 0. The predicted octanol–water partition coefficient (Wildman–Crippen LogP) is 6.24. The Bertz CT molecular complexity index is 574. The van der Waals surface area contributed by atoms with Crippen molar-refractivity contribution in [3.05, 3.63) is 64.8 Å². The van der Waals surface area contributed by atoms with Crippen molar-refractivity contribution in [3.63, 3.8) is 0 Å². The van der Waals surface area contributed by atoms with E-state index in [1.807, 2.05) is 0 Å². The first kappa shape index (κ1) is 17.6. The zero-order valence-corrected chi connectivity index (χ0v) is 14.5. The van der Waals surface area contributed by atoms with Gasteiger partial charge >= 0.3 is 0 Å². The lowest BCUT2D eigenvalue weighted by atomic mass is 9.94. The van der Waals surface area contributed by atoms with Crippen molar-refractivity contribution in [2.75, 3.05) is 0 Å². The van der Waals surface area contributed by atoms with Gasteiger partial charge in [-0.25, -0.2) is 0 Å². The van der Waals surface area contributed by atoms with E-state index < -0.39 is 0 Å². The van der Waals surface area contributed by atoms with Gasteiger partial charge in [0.1, 0.15) is 0 Å². The van der Waals surface area contributed by atoms with Crippen LogP contribution in [0.3, 0.4) is 0 Å². The molecule has 1 heteroatoms. The van der Waals surface area contributed by atoms with E-state index >= 15 is 0 Å². The quantitative estimate of drug-likeness (QED) is 0.424. The summed E-state index contributed by atoms with van der Waals surface area (Å²) in [6.07, 6.45) is 7.29. The van der Waals surface area contributed by atoms with Crippen molar-refractivity contribution in [2.45, 2.75) is 47.0 Å². The second kappa shape index (κ2) is 8.74. The molecule has 0 aliphatic carbocycles. The molecule has 1 aromatic rings. The fraction of sp³-hybridized carbons (Fsp3) is 0.350. The Morgan fingerprint density at radius 3 is 2.43 bits per heavy atom. The molecule has 0 saturated carbocycles. The Morgan fingerprint density at radius 1 is 1.24 bits per heavy atom. The maximum Gasteiger partial charge on any atom is 0.00105 e. The van der Waals surface area contributed by atoms with Crippen molar-refractivity contribution in [3.8, 4) is 0 Å². The zero-order valence-electron chi connectivity index (χ0n) is 13.7. The molecule has 0 N–H and O–H groups in total. The molecule has 0 atom stereocenters. The SMILES string of the molecule is C=C(C)/C(=C\C)CCc1ccc(/C(=C\C)CC=S)c(C)c1. The summed E-state index contributed by atoms with van der Waals surface area (Å²) in [4.78, 5) is 0. The fourth-order valence-corrected chi connectivity index (χ4v) is 2.78. The highest BCUT2D eigenvalue weighted by Crippen LogP contribution is 2.24. The van der Waals surface area contributed by atoms with Crippen LogP contribution in [-0.2, 0) is 6.42 Å². The third kappa shape index (κ3) is 5.09. The zero-order chi connectivity index (χ0) is 15.8. The molecule has 0 amide bonds. The van der Waals surface area contributed by atoms with Gasteiger partial charge in [0, 0.05) is 6.42 Å². The van der Waals surface area contributed by atoms with E-state index in [0.717, 1.165) is 19.3 Å². The first-order valence-corrected chi connectivity index (χ1v) is 8.00. The molecular formula is C20H26S. The van der Waals surface area contributed by atoms with Crippen LogP contribution in [0.15, 0.2) is 48.1 Å². The summed E-state index contributed by atoms with van der Waals surface area (Å²) in [7, 11) is 0. The van der Waals surface area contributed by atoms with Gasteiger partial charge in [-0.15, -0.1) is 0 Å². The summed E-state index contributed by atoms with van der Waals surface area (Å²) in [5, 5.41) is 1.80. The number of aryl methyl sites for hydroxylation is 2. The Kier molecular flexibility index (Phi) is 7.31. The highest BCUT2D eigenvalue weighted by molar-refractivity contribution is 7.79. The first-order chi connectivity index (χ1) is 10.0. The van der Waals surface area contributed by atoms with Crippen LogP contribution < -0.4 is 0 Å². The van der Waals surface area contributed by atoms with Gasteiger partial charge in [-0.2, -0.15) is 0 Å². The Labute approximate surface area is 135 Å². The summed E-state index contributed by atoms with van der Waals surface area (Å²) in [6, 6.07) is 6.77. The first-order valence-electron chi connectivity index (χ1n) is 7.53. The predicted molar refractivity (Wildman–Crippen MR) is 100.0 cm³/mol. The number of hydrogen-bond acceptors (Lipinski definition) is 1. The van der Waals surface area contributed by atoms with Crippen LogP contribution >= 0.6 is 12.2 Å². The molecule has 21 heavy (non-hydrogen) atoms. The summed E-state index contributed by atoms with van der Waals surface area (Å²) < 4.78 is 0. The molecule has 0 aliphatic rings. The summed E-state index contributed by atoms with van der Waals surface area (Å²) >= 11 is 4.99. The van der Waals surface area contributed by atoms with Gasteiger partial charge < -0.3 is 0 Å². The van der Waals surface area contributed by atoms with Crippen molar-refractivity contribution >= 4 is 23.2 Å². The summed E-state index contributed by atoms with van der Waals surface area (Å²) in [5.74, 6) is 0. The molecule has 1 aromatic carbocycles. The monoisotopic (exact) mass is 298 g/mol. The van der Waals surface area contributed by atoms with E-state index in [0.29, 0.717) is 0 Å². The maximum atomic E-state index is 4.99. The van der Waals surface area contributed by atoms with Crippen LogP contribution in [0.2, 0.25) is 0 Å². The molecule has 0 aliphatic heterocycles. The Hall–Kier alpha value is -1.47. The van der Waals surface area contributed by atoms with Gasteiger partial charge in [0.25, 0.3) is 0 Å². The minimum Gasteiger partial charge on any atom is -0.0958 e. The Balaban J connectivity index is 2.88. The second-order valence-corrected chi connectivity index (χ2v) is 5.76. The van der Waals surface area contributed by atoms with Crippen LogP contribution in [0.25, 0.3) is 5.57 Å². The van der Waals surface area contributed by atoms with Gasteiger partial charge in [0.2, 0.25) is 0 Å². The molecule has 0 aromatic heterocycles. The lowest BCUT2D eigenvalue weighted by Crippen LogP contribution is -1.95. The molecule has 0 heterocycles. The average molecular weight is 298 g/mol. The van der Waals surface area contributed by atoms with E-state index in [9.17, 15) is 0 Å². The summed E-state index contributed by atoms with van der Waals surface area (Å²) in [5.41, 5.74) is 7.86. The maximum absolute atomic E-state index is 4.99. The molecule has 0 fully saturated rings. The molecule has 0 saturated heterocycles. The van der Waals surface area contributed by atoms with Gasteiger partial charge in [-0.05, 0) is 73.7 Å². The smallest absolute Gasteiger partial charge is 0.00105 e. The molecule has 0 nitrogen and oxygen atoms in total. The molecule has 0 spiro atoms. The lowest BCUT2D eigenvalue weighted by molar-refractivity contribution is 0.943. The van der Waals surface area contributed by atoms with Crippen LogP contribution in [0.1, 0.15) is 50.3 Å². The van der Waals surface area contributed by atoms with Crippen LogP contribution in [0.5, 0.6) is 0 Å². The molecular weight excluding hydrogens is 272 g/mol. The largest absolute Gasteiger partial charge is 0.0958 e. The van der Waals surface area contributed by atoms with Gasteiger partial charge in [0.15, 0.2) is 0 Å². The number of allylic oxidation sites excluding steroid dienone is 5.